The molecule has 1 aromatic carbocycles. The van der Waals surface area contributed by atoms with Crippen molar-refractivity contribution in [2.45, 2.75) is 19.3 Å². The van der Waals surface area contributed by atoms with Gasteiger partial charge in [0.05, 0.1) is 17.9 Å². The molecule has 0 saturated carbocycles. The number of benzene rings is 1. The van der Waals surface area contributed by atoms with E-state index in [4.69, 9.17) is 0 Å². The van der Waals surface area contributed by atoms with E-state index in [0.29, 0.717) is 32.7 Å². The molecule has 0 atom stereocenters. The van der Waals surface area contributed by atoms with E-state index in [1.807, 2.05) is 18.2 Å². The number of carbonyl (C=O) groups excluding carboxylic acids is 2. The Morgan fingerprint density at radius 3 is 2.38 bits per heavy atom. The van der Waals surface area contributed by atoms with Crippen molar-refractivity contribution < 1.29 is 9.59 Å². The molecule has 140 valence electrons. The second kappa shape index (κ2) is 8.85. The number of carbonyl (C=O) groups is 2. The second-order valence-electron chi connectivity index (χ2n) is 6.92. The van der Waals surface area contributed by atoms with Gasteiger partial charge in [-0.3, -0.25) is 14.5 Å². The van der Waals surface area contributed by atoms with Gasteiger partial charge in [-0.05, 0) is 37.5 Å². The highest BCUT2D eigenvalue weighted by molar-refractivity contribution is 5.95. The minimum absolute atomic E-state index is 0.00189. The molecule has 2 fully saturated rings. The molecule has 2 aliphatic heterocycles. The summed E-state index contributed by atoms with van der Waals surface area (Å²) >= 11 is 0. The standard InChI is InChI=1S/C20H28N4O2/c1-2-20(26)24-14-12-22(13-15-24)16-19(25)21-17-8-4-5-9-18(17)23-10-6-3-7-11-23/h2,4-5,8-9H,1,3,6-7,10-16H2,(H,21,25). The van der Waals surface area contributed by atoms with Gasteiger partial charge in [-0.25, -0.2) is 0 Å². The monoisotopic (exact) mass is 356 g/mol. The predicted molar refractivity (Wildman–Crippen MR) is 104 cm³/mol. The van der Waals surface area contributed by atoms with Crippen LogP contribution in [0.15, 0.2) is 36.9 Å². The molecule has 0 spiro atoms. The fourth-order valence-corrected chi connectivity index (χ4v) is 3.64. The zero-order valence-electron chi connectivity index (χ0n) is 15.3. The number of hydrogen-bond donors (Lipinski definition) is 1. The third-order valence-corrected chi connectivity index (χ3v) is 5.10. The zero-order valence-corrected chi connectivity index (χ0v) is 15.3. The van der Waals surface area contributed by atoms with Crippen molar-refractivity contribution in [2.75, 3.05) is 56.0 Å². The van der Waals surface area contributed by atoms with Gasteiger partial charge in [0.2, 0.25) is 11.8 Å². The van der Waals surface area contributed by atoms with Crippen molar-refractivity contribution in [2.24, 2.45) is 0 Å². The van der Waals surface area contributed by atoms with E-state index in [1.165, 1.54) is 25.3 Å². The van der Waals surface area contributed by atoms with Gasteiger partial charge in [-0.1, -0.05) is 18.7 Å². The first-order valence-corrected chi connectivity index (χ1v) is 9.45. The number of para-hydroxylation sites is 2. The molecule has 2 aliphatic rings. The molecule has 0 aliphatic carbocycles. The van der Waals surface area contributed by atoms with Gasteiger partial charge in [0, 0.05) is 39.3 Å². The van der Waals surface area contributed by atoms with Crippen LogP contribution in [0.1, 0.15) is 19.3 Å². The fraction of sp³-hybridized carbons (Fsp3) is 0.500. The van der Waals surface area contributed by atoms with Crippen LogP contribution in [0, 0.1) is 0 Å². The Morgan fingerprint density at radius 1 is 1.00 bits per heavy atom. The van der Waals surface area contributed by atoms with Gasteiger partial charge in [0.15, 0.2) is 0 Å². The van der Waals surface area contributed by atoms with Crippen LogP contribution in [0.3, 0.4) is 0 Å². The number of piperidine rings is 1. The Kier molecular flexibility index (Phi) is 6.28. The van der Waals surface area contributed by atoms with Crippen LogP contribution in [-0.2, 0) is 9.59 Å². The highest BCUT2D eigenvalue weighted by Gasteiger charge is 2.21. The molecule has 26 heavy (non-hydrogen) atoms. The van der Waals surface area contributed by atoms with Crippen LogP contribution in [0.2, 0.25) is 0 Å². The molecular formula is C20H28N4O2. The van der Waals surface area contributed by atoms with Crippen LogP contribution in [0.4, 0.5) is 11.4 Å². The van der Waals surface area contributed by atoms with E-state index >= 15 is 0 Å². The van der Waals surface area contributed by atoms with Gasteiger partial charge in [-0.15, -0.1) is 0 Å². The van der Waals surface area contributed by atoms with Crippen LogP contribution in [0.5, 0.6) is 0 Å². The third kappa shape index (κ3) is 4.64. The quantitative estimate of drug-likeness (QED) is 0.820. The van der Waals surface area contributed by atoms with E-state index in [2.05, 4.69) is 27.8 Å². The molecule has 2 saturated heterocycles. The summed E-state index contributed by atoms with van der Waals surface area (Å²) in [5.74, 6) is -0.0393. The smallest absolute Gasteiger partial charge is 0.246 e. The number of nitrogens with one attached hydrogen (secondary N) is 1. The number of nitrogens with zero attached hydrogens (tertiary/aromatic N) is 3. The van der Waals surface area contributed by atoms with Crippen molar-refractivity contribution in [3.8, 4) is 0 Å². The lowest BCUT2D eigenvalue weighted by molar-refractivity contribution is -0.128. The van der Waals surface area contributed by atoms with Crippen molar-refractivity contribution in [1.29, 1.82) is 0 Å². The Bertz CT molecular complexity index is 647. The van der Waals surface area contributed by atoms with Crippen LogP contribution in [-0.4, -0.2) is 67.4 Å². The fourth-order valence-electron chi connectivity index (χ4n) is 3.64. The summed E-state index contributed by atoms with van der Waals surface area (Å²) in [4.78, 5) is 30.4. The van der Waals surface area contributed by atoms with E-state index in [-0.39, 0.29) is 11.8 Å². The predicted octanol–water partition coefficient (Wildman–Crippen LogP) is 1.95. The first-order chi connectivity index (χ1) is 12.7. The number of anilines is 2. The molecule has 2 amide bonds. The first-order valence-electron chi connectivity index (χ1n) is 9.45. The first kappa shape index (κ1) is 18.5. The summed E-state index contributed by atoms with van der Waals surface area (Å²) in [6.45, 7) is 8.67. The van der Waals surface area contributed by atoms with Gasteiger partial charge in [0.1, 0.15) is 0 Å². The maximum Gasteiger partial charge on any atom is 0.246 e. The Hall–Kier alpha value is -2.34. The average molecular weight is 356 g/mol. The van der Waals surface area contributed by atoms with Crippen LogP contribution < -0.4 is 10.2 Å². The average Bonchev–Trinajstić information content (AvgIpc) is 2.69. The van der Waals surface area contributed by atoms with Gasteiger partial charge in [0.25, 0.3) is 0 Å². The molecule has 0 radical (unpaired) electrons. The summed E-state index contributed by atoms with van der Waals surface area (Å²) in [6, 6.07) is 8.04. The molecule has 0 aromatic heterocycles. The molecule has 1 N–H and O–H groups in total. The van der Waals surface area contributed by atoms with E-state index in [9.17, 15) is 9.59 Å². The number of piperazine rings is 1. The number of amides is 2. The lowest BCUT2D eigenvalue weighted by Gasteiger charge is -2.34. The Labute approximate surface area is 155 Å². The van der Waals surface area contributed by atoms with Gasteiger partial charge < -0.3 is 15.1 Å². The summed E-state index contributed by atoms with van der Waals surface area (Å²) in [6.07, 6.45) is 5.04. The van der Waals surface area contributed by atoms with Gasteiger partial charge >= 0.3 is 0 Å². The Morgan fingerprint density at radius 2 is 1.69 bits per heavy atom. The van der Waals surface area contributed by atoms with Crippen molar-refractivity contribution >= 4 is 23.2 Å². The summed E-state index contributed by atoms with van der Waals surface area (Å²) < 4.78 is 0. The van der Waals surface area contributed by atoms with Gasteiger partial charge in [-0.2, -0.15) is 0 Å². The van der Waals surface area contributed by atoms with Crippen molar-refractivity contribution in [1.82, 2.24) is 9.80 Å². The maximum absolute atomic E-state index is 12.5. The highest BCUT2D eigenvalue weighted by atomic mass is 16.2. The van der Waals surface area contributed by atoms with Crippen LogP contribution >= 0.6 is 0 Å². The van der Waals surface area contributed by atoms with Crippen molar-refractivity contribution in [3.05, 3.63) is 36.9 Å². The summed E-state index contributed by atoms with van der Waals surface area (Å²) in [5, 5.41) is 3.08. The second-order valence-corrected chi connectivity index (χ2v) is 6.92. The van der Waals surface area contributed by atoms with E-state index < -0.39 is 0 Å². The minimum atomic E-state index is -0.0374. The lowest BCUT2D eigenvalue weighted by atomic mass is 10.1. The van der Waals surface area contributed by atoms with Crippen LogP contribution in [0.25, 0.3) is 0 Å². The SMILES string of the molecule is C=CC(=O)N1CCN(CC(=O)Nc2ccccc2N2CCCCC2)CC1. The Balaban J connectivity index is 1.54. The molecule has 1 aromatic rings. The summed E-state index contributed by atoms with van der Waals surface area (Å²) in [7, 11) is 0. The van der Waals surface area contributed by atoms with E-state index in [1.54, 1.807) is 4.90 Å². The maximum atomic E-state index is 12.5. The molecular weight excluding hydrogens is 328 g/mol. The highest BCUT2D eigenvalue weighted by Crippen LogP contribution is 2.28. The van der Waals surface area contributed by atoms with Crippen molar-refractivity contribution in [3.63, 3.8) is 0 Å². The molecule has 6 heteroatoms. The largest absolute Gasteiger partial charge is 0.370 e. The summed E-state index contributed by atoms with van der Waals surface area (Å²) in [5.41, 5.74) is 2.00. The van der Waals surface area contributed by atoms with E-state index in [0.717, 1.165) is 24.5 Å². The molecule has 0 bridgehead atoms. The molecule has 0 unspecified atom stereocenters. The molecule has 2 heterocycles. The third-order valence-electron chi connectivity index (χ3n) is 5.10. The minimum Gasteiger partial charge on any atom is -0.370 e. The molecule has 6 nitrogen and oxygen atoms in total. The normalized spacial score (nSPS) is 18.5. The molecule has 3 rings (SSSR count). The number of rotatable bonds is 5. The lowest BCUT2D eigenvalue weighted by Crippen LogP contribution is -2.50. The zero-order chi connectivity index (χ0) is 18.4. The topological polar surface area (TPSA) is 55.9 Å². The number of hydrogen-bond acceptors (Lipinski definition) is 4.